The fraction of sp³-hybridized carbons (Fsp3) is 0.111. The largest absolute Gasteiger partial charge is 0.466 e. The van der Waals surface area contributed by atoms with Crippen LogP contribution >= 0.6 is 34.7 Å². The molecule has 0 aliphatic heterocycles. The van der Waals surface area contributed by atoms with Gasteiger partial charge in [0.1, 0.15) is 5.75 Å². The molecule has 16 heavy (non-hydrogen) atoms. The van der Waals surface area contributed by atoms with Crippen molar-refractivity contribution in [2.24, 2.45) is 0 Å². The Morgan fingerprint density at radius 1 is 1.31 bits per heavy atom. The van der Waals surface area contributed by atoms with Gasteiger partial charge in [0, 0.05) is 22.6 Å². The fourth-order valence-corrected chi connectivity index (χ4v) is 1.81. The highest BCUT2D eigenvalue weighted by Gasteiger charge is 2.09. The summed E-state index contributed by atoms with van der Waals surface area (Å²) in [4.78, 5) is 3.96. The minimum atomic E-state index is 0.262. The smallest absolute Gasteiger partial charge is 0.331 e. The third-order valence-electron chi connectivity index (χ3n) is 1.66. The van der Waals surface area contributed by atoms with E-state index in [0.29, 0.717) is 21.0 Å². The topological polar surface area (TPSA) is 44.2 Å². The maximum absolute atomic E-state index is 5.93. The molecule has 0 atom stereocenters. The van der Waals surface area contributed by atoms with Gasteiger partial charge in [-0.3, -0.25) is 0 Å². The van der Waals surface area contributed by atoms with Gasteiger partial charge in [0.2, 0.25) is 0 Å². The monoisotopic (exact) mass is 276 g/mol. The molecule has 0 amide bonds. The van der Waals surface area contributed by atoms with Crippen LogP contribution in [0.15, 0.2) is 18.2 Å². The minimum absolute atomic E-state index is 0.262. The van der Waals surface area contributed by atoms with Crippen molar-refractivity contribution in [1.29, 1.82) is 0 Å². The molecule has 0 aliphatic carbocycles. The van der Waals surface area contributed by atoms with Crippen molar-refractivity contribution in [2.45, 2.75) is 0 Å². The van der Waals surface area contributed by atoms with E-state index in [4.69, 9.17) is 32.7 Å². The first kappa shape index (κ1) is 11.4. The van der Waals surface area contributed by atoms with Crippen LogP contribution in [0, 0.1) is 0 Å². The molecule has 84 valence electrons. The molecule has 1 aromatic carbocycles. The Kier molecular flexibility index (Phi) is 3.48. The van der Waals surface area contributed by atoms with Crippen LogP contribution in [0.1, 0.15) is 0 Å². The molecule has 0 spiro atoms. The first-order chi connectivity index (χ1) is 7.69. The van der Waals surface area contributed by atoms with E-state index >= 15 is 0 Å². The van der Waals surface area contributed by atoms with E-state index in [1.165, 1.54) is 7.11 Å². The molecule has 2 aromatic rings. The van der Waals surface area contributed by atoms with E-state index in [9.17, 15) is 0 Å². The van der Waals surface area contributed by atoms with Crippen molar-refractivity contribution in [3.05, 3.63) is 28.2 Å². The number of methoxy groups -OCH3 is 1. The van der Waals surface area contributed by atoms with Crippen molar-refractivity contribution >= 4 is 34.7 Å². The summed E-state index contributed by atoms with van der Waals surface area (Å²) in [5.74, 6) is 0.438. The predicted molar refractivity (Wildman–Crippen MR) is 63.0 cm³/mol. The number of halogens is 2. The number of rotatable bonds is 3. The molecule has 0 unspecified atom stereocenters. The van der Waals surface area contributed by atoms with Gasteiger partial charge in [-0.15, -0.1) is 9.36 Å². The zero-order valence-corrected chi connectivity index (χ0v) is 10.4. The Labute approximate surface area is 106 Å². The van der Waals surface area contributed by atoms with Gasteiger partial charge in [0.15, 0.2) is 0 Å². The van der Waals surface area contributed by atoms with Gasteiger partial charge in [-0.05, 0) is 12.1 Å². The lowest BCUT2D eigenvalue weighted by Crippen LogP contribution is -1.86. The Balaban J connectivity index is 2.22. The lowest BCUT2D eigenvalue weighted by atomic mass is 10.3. The van der Waals surface area contributed by atoms with Gasteiger partial charge in [-0.2, -0.15) is 0 Å². The van der Waals surface area contributed by atoms with Crippen molar-refractivity contribution in [1.82, 2.24) is 9.36 Å². The Morgan fingerprint density at radius 2 is 2.12 bits per heavy atom. The lowest BCUT2D eigenvalue weighted by molar-refractivity contribution is 0.378. The minimum Gasteiger partial charge on any atom is -0.466 e. The van der Waals surface area contributed by atoms with Crippen LogP contribution in [0.3, 0.4) is 0 Å². The summed E-state index contributed by atoms with van der Waals surface area (Å²) in [6.45, 7) is 0. The van der Waals surface area contributed by atoms with Gasteiger partial charge in [0.25, 0.3) is 0 Å². The average Bonchev–Trinajstić information content (AvgIpc) is 2.71. The molecule has 7 heteroatoms. The van der Waals surface area contributed by atoms with Crippen LogP contribution in [0.4, 0.5) is 0 Å². The second-order valence-electron chi connectivity index (χ2n) is 2.72. The molecular formula is C9H6Cl2N2O2S. The van der Waals surface area contributed by atoms with Gasteiger partial charge in [-0.1, -0.05) is 23.2 Å². The second kappa shape index (κ2) is 4.86. The lowest BCUT2D eigenvalue weighted by Gasteiger charge is -2.03. The van der Waals surface area contributed by atoms with Crippen LogP contribution < -0.4 is 9.47 Å². The molecule has 1 aromatic heterocycles. The molecule has 0 fully saturated rings. The summed E-state index contributed by atoms with van der Waals surface area (Å²) in [6, 6.07) is 5.20. The predicted octanol–water partition coefficient (Wildman–Crippen LogP) is 3.65. The number of hydrogen-bond acceptors (Lipinski definition) is 5. The number of ether oxygens (including phenoxy) is 2. The second-order valence-corrected chi connectivity index (χ2v) is 4.28. The Hall–Kier alpha value is -1.04. The van der Waals surface area contributed by atoms with Crippen molar-refractivity contribution in [3.63, 3.8) is 0 Å². The summed E-state index contributed by atoms with van der Waals surface area (Å²) >= 11 is 12.8. The van der Waals surface area contributed by atoms with E-state index < -0.39 is 0 Å². The SMILES string of the molecule is COc1nsc(Oc2cc(Cl)ccc2Cl)n1. The van der Waals surface area contributed by atoms with Crippen LogP contribution in [0.5, 0.6) is 17.0 Å². The average molecular weight is 277 g/mol. The maximum Gasteiger partial charge on any atom is 0.331 e. The molecular weight excluding hydrogens is 271 g/mol. The third-order valence-corrected chi connectivity index (χ3v) is 2.79. The summed E-state index contributed by atoms with van der Waals surface area (Å²) in [5.41, 5.74) is 0. The summed E-state index contributed by atoms with van der Waals surface area (Å²) < 4.78 is 14.1. The van der Waals surface area contributed by atoms with E-state index in [0.717, 1.165) is 11.5 Å². The molecule has 1 heterocycles. The van der Waals surface area contributed by atoms with Gasteiger partial charge >= 0.3 is 11.2 Å². The molecule has 0 saturated heterocycles. The van der Waals surface area contributed by atoms with Crippen LogP contribution in [0.2, 0.25) is 10.0 Å². The van der Waals surface area contributed by atoms with Gasteiger partial charge in [-0.25, -0.2) is 0 Å². The first-order valence-corrected chi connectivity index (χ1v) is 5.72. The summed E-state index contributed by atoms with van der Waals surface area (Å²) in [6.07, 6.45) is 0. The summed E-state index contributed by atoms with van der Waals surface area (Å²) in [7, 11) is 1.48. The number of benzene rings is 1. The molecule has 0 radical (unpaired) electrons. The van der Waals surface area contributed by atoms with E-state index in [2.05, 4.69) is 9.36 Å². The van der Waals surface area contributed by atoms with Crippen molar-refractivity contribution in [3.8, 4) is 17.0 Å². The fourth-order valence-electron chi connectivity index (χ4n) is 0.971. The molecule has 0 N–H and O–H groups in total. The zero-order valence-electron chi connectivity index (χ0n) is 8.11. The van der Waals surface area contributed by atoms with E-state index in [-0.39, 0.29) is 6.01 Å². The first-order valence-electron chi connectivity index (χ1n) is 4.19. The molecule has 2 rings (SSSR count). The molecule has 0 saturated carbocycles. The van der Waals surface area contributed by atoms with Crippen LogP contribution in [-0.2, 0) is 0 Å². The Bertz CT molecular complexity index is 504. The van der Waals surface area contributed by atoms with Crippen LogP contribution in [-0.4, -0.2) is 16.5 Å². The highest BCUT2D eigenvalue weighted by Crippen LogP contribution is 2.33. The standard InChI is InChI=1S/C9H6Cl2N2O2S/c1-14-8-12-9(16-13-8)15-7-4-5(10)2-3-6(7)11/h2-4H,1H3. The zero-order chi connectivity index (χ0) is 11.5. The Morgan fingerprint density at radius 3 is 2.81 bits per heavy atom. The van der Waals surface area contributed by atoms with Crippen molar-refractivity contribution < 1.29 is 9.47 Å². The number of hydrogen-bond donors (Lipinski definition) is 0. The highest BCUT2D eigenvalue weighted by atomic mass is 35.5. The number of nitrogens with zero attached hydrogens (tertiary/aromatic N) is 2. The van der Waals surface area contributed by atoms with E-state index in [1.807, 2.05) is 0 Å². The summed E-state index contributed by atoms with van der Waals surface area (Å²) in [5, 5.41) is 1.34. The van der Waals surface area contributed by atoms with Crippen molar-refractivity contribution in [2.75, 3.05) is 7.11 Å². The van der Waals surface area contributed by atoms with Gasteiger partial charge in [0.05, 0.1) is 12.1 Å². The molecule has 0 bridgehead atoms. The van der Waals surface area contributed by atoms with E-state index in [1.54, 1.807) is 18.2 Å². The quantitative estimate of drug-likeness (QED) is 0.859. The number of aromatic nitrogens is 2. The maximum atomic E-state index is 5.93. The highest BCUT2D eigenvalue weighted by molar-refractivity contribution is 7.07. The molecule has 4 nitrogen and oxygen atoms in total. The normalized spacial score (nSPS) is 10.2. The third kappa shape index (κ3) is 2.55. The van der Waals surface area contributed by atoms with Crippen LogP contribution in [0.25, 0.3) is 0 Å². The molecule has 0 aliphatic rings. The van der Waals surface area contributed by atoms with Gasteiger partial charge < -0.3 is 9.47 Å².